The number of aromatic nitrogens is 3. The topological polar surface area (TPSA) is 86.3 Å². The molecule has 5 aromatic rings. The predicted molar refractivity (Wildman–Crippen MR) is 144 cm³/mol. The molecule has 2 heterocycles. The monoisotopic (exact) mass is 529 g/mol. The quantitative estimate of drug-likeness (QED) is 0.251. The summed E-state index contributed by atoms with van der Waals surface area (Å²) in [6.45, 7) is 5.56. The van der Waals surface area contributed by atoms with E-state index in [1.165, 1.54) is 4.57 Å². The normalized spacial score (nSPS) is 11.7. The molecule has 8 heteroatoms. The Labute approximate surface area is 211 Å². The second-order valence-electron chi connectivity index (χ2n) is 9.19. The summed E-state index contributed by atoms with van der Waals surface area (Å²) >= 11 is 3.64. The number of carbonyl (C=O) groups excluding carboxylic acids is 1. The molecule has 0 aliphatic carbocycles. The second kappa shape index (κ2) is 8.70. The van der Waals surface area contributed by atoms with Gasteiger partial charge in [0.15, 0.2) is 5.82 Å². The lowest BCUT2D eigenvalue weighted by Crippen LogP contribution is -2.26. The highest BCUT2D eigenvalue weighted by atomic mass is 79.9. The first kappa shape index (κ1) is 22.9. The molecule has 0 atom stereocenters. The van der Waals surface area contributed by atoms with Crippen molar-refractivity contribution in [3.8, 4) is 11.1 Å². The number of rotatable bonds is 3. The Bertz CT molecular complexity index is 1560. The molecular formula is C27H24BrN5O2. The first-order chi connectivity index (χ1) is 16.7. The van der Waals surface area contributed by atoms with E-state index in [1.54, 1.807) is 6.20 Å². The van der Waals surface area contributed by atoms with Gasteiger partial charge in [0.05, 0.1) is 32.9 Å². The summed E-state index contributed by atoms with van der Waals surface area (Å²) in [6.07, 6.45) is 1.34. The van der Waals surface area contributed by atoms with Crippen molar-refractivity contribution >= 4 is 61.5 Å². The molecule has 0 saturated carbocycles. The van der Waals surface area contributed by atoms with Gasteiger partial charge in [-0.15, -0.1) is 0 Å². The van der Waals surface area contributed by atoms with E-state index in [0.717, 1.165) is 38.6 Å². The number of benzene rings is 3. The van der Waals surface area contributed by atoms with E-state index in [-0.39, 0.29) is 5.95 Å². The number of nitrogen functional groups attached to an aromatic ring is 1. The second-order valence-corrected chi connectivity index (χ2v) is 9.90. The number of anilines is 3. The number of carbonyl (C=O) groups is 1. The Hall–Kier alpha value is -3.91. The van der Waals surface area contributed by atoms with Gasteiger partial charge < -0.3 is 10.5 Å². The fraction of sp³-hybridized carbons (Fsp3) is 0.148. The minimum absolute atomic E-state index is 0.200. The van der Waals surface area contributed by atoms with Gasteiger partial charge in [-0.05, 0) is 74.4 Å². The minimum Gasteiger partial charge on any atom is -0.443 e. The molecule has 0 saturated heterocycles. The highest BCUT2D eigenvalue weighted by molar-refractivity contribution is 9.10. The summed E-state index contributed by atoms with van der Waals surface area (Å²) in [5, 5.41) is 1.79. The van der Waals surface area contributed by atoms with Crippen LogP contribution in [0.2, 0.25) is 0 Å². The zero-order chi connectivity index (χ0) is 24.7. The number of hydrogen-bond acceptors (Lipinski definition) is 6. The minimum atomic E-state index is -0.565. The lowest BCUT2D eigenvalue weighted by Gasteiger charge is -2.19. The van der Waals surface area contributed by atoms with Crippen molar-refractivity contribution in [2.24, 2.45) is 0 Å². The maximum absolute atomic E-state index is 12.6. The molecule has 3 aromatic carbocycles. The SMILES string of the molecule is CC(C)(C)OC(=O)n1ccc2cc(-c3ccc4nc(N)nc(N(Br)c5ccccc5)c4c3)ccc21. The molecule has 0 radical (unpaired) electrons. The average Bonchev–Trinajstić information content (AvgIpc) is 3.26. The van der Waals surface area contributed by atoms with Crippen LogP contribution in [0.5, 0.6) is 0 Å². The molecule has 7 nitrogen and oxygen atoms in total. The smallest absolute Gasteiger partial charge is 0.418 e. The van der Waals surface area contributed by atoms with E-state index in [4.69, 9.17) is 10.5 Å². The van der Waals surface area contributed by atoms with Crippen LogP contribution in [0.4, 0.5) is 22.2 Å². The maximum Gasteiger partial charge on any atom is 0.418 e. The van der Waals surface area contributed by atoms with Crippen LogP contribution >= 0.6 is 16.1 Å². The van der Waals surface area contributed by atoms with E-state index in [9.17, 15) is 4.79 Å². The zero-order valence-electron chi connectivity index (χ0n) is 19.6. The molecule has 0 aliphatic rings. The summed E-state index contributed by atoms with van der Waals surface area (Å²) in [5.41, 5.74) is 9.89. The van der Waals surface area contributed by atoms with Crippen LogP contribution in [0, 0.1) is 0 Å². The van der Waals surface area contributed by atoms with Crippen molar-refractivity contribution in [3.63, 3.8) is 0 Å². The van der Waals surface area contributed by atoms with Crippen LogP contribution in [0.15, 0.2) is 79.0 Å². The number of ether oxygens (including phenoxy) is 1. The van der Waals surface area contributed by atoms with Crippen molar-refractivity contribution in [3.05, 3.63) is 79.0 Å². The van der Waals surface area contributed by atoms with Gasteiger partial charge in [-0.2, -0.15) is 4.98 Å². The summed E-state index contributed by atoms with van der Waals surface area (Å²) in [7, 11) is 0. The van der Waals surface area contributed by atoms with Gasteiger partial charge in [0.2, 0.25) is 5.95 Å². The van der Waals surface area contributed by atoms with Gasteiger partial charge in [0, 0.05) is 17.0 Å². The third-order valence-electron chi connectivity index (χ3n) is 5.48. The molecule has 0 aliphatic heterocycles. The van der Waals surface area contributed by atoms with Crippen LogP contribution in [0.1, 0.15) is 20.8 Å². The van der Waals surface area contributed by atoms with E-state index >= 15 is 0 Å². The van der Waals surface area contributed by atoms with Crippen LogP contribution in [0.25, 0.3) is 32.9 Å². The Balaban J connectivity index is 1.56. The molecule has 176 valence electrons. The Morgan fingerprint density at radius 2 is 1.69 bits per heavy atom. The molecule has 35 heavy (non-hydrogen) atoms. The number of fused-ring (bicyclic) bond motifs is 2. The van der Waals surface area contributed by atoms with E-state index in [1.807, 2.05) is 91.4 Å². The van der Waals surface area contributed by atoms with Gasteiger partial charge in [-0.1, -0.05) is 30.3 Å². The van der Waals surface area contributed by atoms with Crippen molar-refractivity contribution in [2.75, 3.05) is 9.66 Å². The van der Waals surface area contributed by atoms with Gasteiger partial charge in [0.1, 0.15) is 5.60 Å². The molecule has 5 rings (SSSR count). The summed E-state index contributed by atoms with van der Waals surface area (Å²) in [4.78, 5) is 21.5. The fourth-order valence-corrected chi connectivity index (χ4v) is 4.44. The molecule has 0 bridgehead atoms. The lowest BCUT2D eigenvalue weighted by molar-refractivity contribution is 0.0544. The van der Waals surface area contributed by atoms with Crippen LogP contribution in [-0.2, 0) is 4.74 Å². The summed E-state index contributed by atoms with van der Waals surface area (Å²) in [6, 6.07) is 23.7. The maximum atomic E-state index is 12.6. The van der Waals surface area contributed by atoms with Crippen molar-refractivity contribution < 1.29 is 9.53 Å². The zero-order valence-corrected chi connectivity index (χ0v) is 21.2. The Morgan fingerprint density at radius 1 is 0.971 bits per heavy atom. The first-order valence-electron chi connectivity index (χ1n) is 11.1. The molecule has 0 spiro atoms. The van der Waals surface area contributed by atoms with Crippen LogP contribution in [0.3, 0.4) is 0 Å². The van der Waals surface area contributed by atoms with Gasteiger partial charge in [-0.25, -0.2) is 9.78 Å². The largest absolute Gasteiger partial charge is 0.443 e. The number of para-hydroxylation sites is 1. The van der Waals surface area contributed by atoms with Gasteiger partial charge >= 0.3 is 6.09 Å². The standard InChI is InChI=1S/C27H24BrN5O2/c1-27(2,3)35-26(34)32-14-13-19-15-17(10-12-23(19)32)18-9-11-22-21(16-18)24(31-25(29)30-22)33(28)20-7-5-4-6-8-20/h4-16H,1-3H3,(H2,29,30,31). The molecule has 2 N–H and O–H groups in total. The number of hydrogen-bond donors (Lipinski definition) is 1. The molecule has 0 amide bonds. The van der Waals surface area contributed by atoms with Crippen LogP contribution in [-0.4, -0.2) is 26.2 Å². The first-order valence-corrected chi connectivity index (χ1v) is 11.8. The fourth-order valence-electron chi connectivity index (χ4n) is 3.93. The van der Waals surface area contributed by atoms with Gasteiger partial charge in [-0.3, -0.25) is 8.49 Å². The average molecular weight is 530 g/mol. The predicted octanol–water partition coefficient (Wildman–Crippen LogP) is 7.06. The highest BCUT2D eigenvalue weighted by Gasteiger charge is 2.19. The Kier molecular flexibility index (Phi) is 5.68. The molecule has 2 aromatic heterocycles. The van der Waals surface area contributed by atoms with E-state index in [0.29, 0.717) is 5.82 Å². The Morgan fingerprint density at radius 3 is 2.43 bits per heavy atom. The van der Waals surface area contributed by atoms with E-state index in [2.05, 4.69) is 32.2 Å². The van der Waals surface area contributed by atoms with Crippen molar-refractivity contribution in [2.45, 2.75) is 26.4 Å². The highest BCUT2D eigenvalue weighted by Crippen LogP contribution is 2.36. The number of nitrogens with two attached hydrogens (primary N) is 1. The molecular weight excluding hydrogens is 506 g/mol. The lowest BCUT2D eigenvalue weighted by atomic mass is 10.0. The summed E-state index contributed by atoms with van der Waals surface area (Å²) in [5.74, 6) is 0.850. The summed E-state index contributed by atoms with van der Waals surface area (Å²) < 4.78 is 8.88. The third kappa shape index (κ3) is 4.57. The number of halogens is 1. The van der Waals surface area contributed by atoms with Gasteiger partial charge in [0.25, 0.3) is 0 Å². The van der Waals surface area contributed by atoms with Crippen LogP contribution < -0.4 is 9.66 Å². The molecule has 0 fully saturated rings. The number of nitrogens with zero attached hydrogens (tertiary/aromatic N) is 4. The van der Waals surface area contributed by atoms with Crippen molar-refractivity contribution in [1.82, 2.24) is 14.5 Å². The van der Waals surface area contributed by atoms with E-state index < -0.39 is 11.7 Å². The molecule has 0 unspecified atom stereocenters. The third-order valence-corrected chi connectivity index (χ3v) is 6.22. The van der Waals surface area contributed by atoms with Crippen molar-refractivity contribution in [1.29, 1.82) is 0 Å².